The first kappa shape index (κ1) is 12.3. The number of halogens is 2. The lowest BCUT2D eigenvalue weighted by atomic mass is 10.3. The summed E-state index contributed by atoms with van der Waals surface area (Å²) in [4.78, 5) is 11.5. The van der Waals surface area contributed by atoms with E-state index in [1.54, 1.807) is 0 Å². The van der Waals surface area contributed by atoms with E-state index < -0.39 is 34.5 Å². The molecule has 1 aromatic heterocycles. The first-order chi connectivity index (χ1) is 8.04. The van der Waals surface area contributed by atoms with E-state index in [1.165, 1.54) is 11.8 Å². The molecule has 94 valence electrons. The molecule has 1 aliphatic heterocycles. The van der Waals surface area contributed by atoms with Gasteiger partial charge in [0.05, 0.1) is 6.61 Å². The molecule has 1 fully saturated rings. The Morgan fingerprint density at radius 3 is 2.94 bits per heavy atom. The van der Waals surface area contributed by atoms with Gasteiger partial charge in [-0.1, -0.05) is 0 Å². The van der Waals surface area contributed by atoms with Crippen LogP contribution in [0.2, 0.25) is 0 Å². The minimum absolute atomic E-state index is 0.226. The fourth-order valence-electron chi connectivity index (χ4n) is 1.48. The number of nitrogens with zero attached hydrogens (tertiary/aromatic N) is 1. The van der Waals surface area contributed by atoms with Gasteiger partial charge < -0.3 is 15.6 Å². The van der Waals surface area contributed by atoms with Crippen molar-refractivity contribution in [2.45, 2.75) is 11.7 Å². The van der Waals surface area contributed by atoms with Crippen molar-refractivity contribution in [2.75, 3.05) is 18.1 Å². The minimum Gasteiger partial charge on any atom is -0.394 e. The van der Waals surface area contributed by atoms with Crippen molar-refractivity contribution in [1.82, 2.24) is 4.57 Å². The summed E-state index contributed by atoms with van der Waals surface area (Å²) in [6.07, 6.45) is 0.0142. The van der Waals surface area contributed by atoms with E-state index in [2.05, 4.69) is 0 Å². The maximum absolute atomic E-state index is 13.3. The van der Waals surface area contributed by atoms with Crippen LogP contribution in [0, 0.1) is 11.6 Å². The highest BCUT2D eigenvalue weighted by atomic mass is 32.2. The number of hydrogen-bond donors (Lipinski definition) is 2. The van der Waals surface area contributed by atoms with Crippen LogP contribution in [0.1, 0.15) is 6.23 Å². The number of thioether (sulfide) groups is 1. The number of anilines is 1. The van der Waals surface area contributed by atoms with Crippen LogP contribution in [0.15, 0.2) is 11.0 Å². The number of aliphatic hydroxyl groups excluding tert-OH is 1. The van der Waals surface area contributed by atoms with Crippen LogP contribution in [-0.2, 0) is 4.74 Å². The van der Waals surface area contributed by atoms with Gasteiger partial charge in [0.1, 0.15) is 17.4 Å². The molecule has 1 aromatic rings. The SMILES string of the molecule is Nc1c(F)cn([C@@H]2CS[C@H](CO)O2)c(=O)c1F. The summed E-state index contributed by atoms with van der Waals surface area (Å²) in [6.45, 7) is -0.226. The molecule has 0 amide bonds. The van der Waals surface area contributed by atoms with Crippen LogP contribution in [0.3, 0.4) is 0 Å². The fourth-order valence-corrected chi connectivity index (χ4v) is 2.41. The molecule has 0 aromatic carbocycles. The highest BCUT2D eigenvalue weighted by Crippen LogP contribution is 2.31. The normalized spacial score (nSPS) is 24.2. The van der Waals surface area contributed by atoms with Gasteiger partial charge in [-0.15, -0.1) is 11.8 Å². The summed E-state index contributed by atoms with van der Waals surface area (Å²) in [6, 6.07) is 0. The Bertz CT molecular complexity index is 494. The van der Waals surface area contributed by atoms with Gasteiger partial charge in [0.15, 0.2) is 5.82 Å². The van der Waals surface area contributed by atoms with Gasteiger partial charge >= 0.3 is 0 Å². The first-order valence-corrected chi connectivity index (χ1v) is 5.83. The Morgan fingerprint density at radius 1 is 1.65 bits per heavy atom. The molecule has 0 spiro atoms. The second-order valence-electron chi connectivity index (χ2n) is 3.45. The zero-order valence-corrected chi connectivity index (χ0v) is 9.42. The molecular weight excluding hydrogens is 254 g/mol. The van der Waals surface area contributed by atoms with Crippen LogP contribution in [0.4, 0.5) is 14.5 Å². The highest BCUT2D eigenvalue weighted by Gasteiger charge is 2.29. The van der Waals surface area contributed by atoms with E-state index in [9.17, 15) is 13.6 Å². The molecule has 2 rings (SSSR count). The maximum atomic E-state index is 13.3. The number of nitrogens with two attached hydrogens (primary N) is 1. The first-order valence-electron chi connectivity index (χ1n) is 4.78. The fraction of sp³-hybridized carbons (Fsp3) is 0.444. The molecule has 8 heteroatoms. The summed E-state index contributed by atoms with van der Waals surface area (Å²) < 4.78 is 32.5. The molecule has 0 unspecified atom stereocenters. The van der Waals surface area contributed by atoms with Crippen molar-refractivity contribution in [3.8, 4) is 0 Å². The predicted molar refractivity (Wildman–Crippen MR) is 58.5 cm³/mol. The number of aromatic nitrogens is 1. The summed E-state index contributed by atoms with van der Waals surface area (Å²) in [5, 5.41) is 8.85. The van der Waals surface area contributed by atoms with Crippen LogP contribution < -0.4 is 11.3 Å². The molecule has 0 bridgehead atoms. The Balaban J connectivity index is 2.37. The standard InChI is InChI=1S/C9H10F2N2O3S/c10-4-1-13(9(15)7(11)8(4)12)5-3-17-6(2-14)16-5/h1,5-6,14H,2-3,12H2/t5-,6+/m0/s1. The van der Waals surface area contributed by atoms with Gasteiger partial charge in [-0.2, -0.15) is 4.39 Å². The van der Waals surface area contributed by atoms with E-state index in [1.807, 2.05) is 0 Å². The molecule has 0 aliphatic carbocycles. The van der Waals surface area contributed by atoms with E-state index >= 15 is 0 Å². The predicted octanol–water partition coefficient (Wildman–Crippen LogP) is 0.289. The molecule has 0 radical (unpaired) electrons. The average Bonchev–Trinajstić information content (AvgIpc) is 2.79. The average molecular weight is 264 g/mol. The lowest BCUT2D eigenvalue weighted by Crippen LogP contribution is -2.30. The molecule has 17 heavy (non-hydrogen) atoms. The van der Waals surface area contributed by atoms with Gasteiger partial charge in [-0.05, 0) is 0 Å². The second kappa shape index (κ2) is 4.63. The molecule has 1 aliphatic rings. The molecule has 0 saturated carbocycles. The smallest absolute Gasteiger partial charge is 0.291 e. The lowest BCUT2D eigenvalue weighted by Gasteiger charge is -2.14. The van der Waals surface area contributed by atoms with Crippen molar-refractivity contribution < 1.29 is 18.6 Å². The second-order valence-corrected chi connectivity index (χ2v) is 4.65. The van der Waals surface area contributed by atoms with Crippen molar-refractivity contribution in [3.05, 3.63) is 28.2 Å². The van der Waals surface area contributed by atoms with Crippen molar-refractivity contribution >= 4 is 17.4 Å². The number of ether oxygens (including phenoxy) is 1. The Morgan fingerprint density at radius 2 is 2.35 bits per heavy atom. The zero-order valence-electron chi connectivity index (χ0n) is 8.60. The summed E-state index contributed by atoms with van der Waals surface area (Å²) in [7, 11) is 0. The van der Waals surface area contributed by atoms with Gasteiger partial charge in [-0.3, -0.25) is 9.36 Å². The quantitative estimate of drug-likeness (QED) is 0.802. The van der Waals surface area contributed by atoms with E-state index in [4.69, 9.17) is 15.6 Å². The van der Waals surface area contributed by atoms with E-state index in [-0.39, 0.29) is 6.61 Å². The van der Waals surface area contributed by atoms with Crippen LogP contribution in [-0.4, -0.2) is 27.5 Å². The van der Waals surface area contributed by atoms with Crippen LogP contribution >= 0.6 is 11.8 Å². The van der Waals surface area contributed by atoms with Crippen molar-refractivity contribution in [2.24, 2.45) is 0 Å². The molecule has 1 saturated heterocycles. The number of nitrogen functional groups attached to an aromatic ring is 1. The van der Waals surface area contributed by atoms with Gasteiger partial charge in [0.25, 0.3) is 5.56 Å². The van der Waals surface area contributed by atoms with Crippen LogP contribution in [0.5, 0.6) is 0 Å². The number of rotatable bonds is 2. The third-order valence-corrected chi connectivity index (χ3v) is 3.47. The van der Waals surface area contributed by atoms with Gasteiger partial charge in [0.2, 0.25) is 5.82 Å². The number of hydrogen-bond acceptors (Lipinski definition) is 5. The van der Waals surface area contributed by atoms with Gasteiger partial charge in [0, 0.05) is 11.9 Å². The molecule has 2 atom stereocenters. The summed E-state index contributed by atoms with van der Waals surface area (Å²) in [5.74, 6) is -2.01. The third kappa shape index (κ3) is 2.15. The van der Waals surface area contributed by atoms with E-state index in [0.717, 1.165) is 10.8 Å². The monoisotopic (exact) mass is 264 g/mol. The summed E-state index contributed by atoms with van der Waals surface area (Å²) >= 11 is 1.26. The topological polar surface area (TPSA) is 77.5 Å². The highest BCUT2D eigenvalue weighted by molar-refractivity contribution is 8.00. The Kier molecular flexibility index (Phi) is 3.36. The molecule has 2 heterocycles. The van der Waals surface area contributed by atoms with Crippen LogP contribution in [0.25, 0.3) is 0 Å². The van der Waals surface area contributed by atoms with Crippen molar-refractivity contribution in [1.29, 1.82) is 0 Å². The minimum atomic E-state index is -1.33. The summed E-state index contributed by atoms with van der Waals surface area (Å²) in [5.41, 5.74) is 2.73. The molecule has 3 N–H and O–H groups in total. The number of aliphatic hydroxyl groups is 1. The zero-order chi connectivity index (χ0) is 12.6. The largest absolute Gasteiger partial charge is 0.394 e. The maximum Gasteiger partial charge on any atom is 0.291 e. The number of pyridine rings is 1. The lowest BCUT2D eigenvalue weighted by molar-refractivity contribution is -0.00663. The Hall–Kier alpha value is -1.12. The Labute approximate surface area is 99.2 Å². The van der Waals surface area contributed by atoms with Crippen molar-refractivity contribution in [3.63, 3.8) is 0 Å². The van der Waals surface area contributed by atoms with Gasteiger partial charge in [-0.25, -0.2) is 4.39 Å². The molecule has 5 nitrogen and oxygen atoms in total. The van der Waals surface area contributed by atoms with E-state index in [0.29, 0.717) is 5.75 Å². The molecular formula is C9H10F2N2O3S. The third-order valence-electron chi connectivity index (χ3n) is 2.36.